The van der Waals surface area contributed by atoms with Gasteiger partial charge in [0.15, 0.2) is 5.78 Å². The molecule has 3 heteroatoms. The van der Waals surface area contributed by atoms with Crippen LogP contribution in [0.2, 0.25) is 0 Å². The summed E-state index contributed by atoms with van der Waals surface area (Å²) >= 11 is 0. The SMILES string of the molecule is CC(=O)C(N)(c1ccccc1)c1ccncc1. The third kappa shape index (κ3) is 1.97. The fourth-order valence-corrected chi connectivity index (χ4v) is 1.89. The number of hydrogen-bond donors (Lipinski definition) is 1. The topological polar surface area (TPSA) is 56.0 Å². The zero-order valence-corrected chi connectivity index (χ0v) is 9.63. The van der Waals surface area contributed by atoms with Gasteiger partial charge in [0, 0.05) is 12.4 Å². The van der Waals surface area contributed by atoms with E-state index in [1.165, 1.54) is 6.92 Å². The average Bonchev–Trinajstić information content (AvgIpc) is 2.39. The minimum Gasteiger partial charge on any atom is -0.312 e. The Hall–Kier alpha value is -2.00. The summed E-state index contributed by atoms with van der Waals surface area (Å²) in [6.45, 7) is 1.51. The third-order valence-corrected chi connectivity index (χ3v) is 2.92. The van der Waals surface area contributed by atoms with Crippen LogP contribution >= 0.6 is 0 Å². The van der Waals surface area contributed by atoms with Gasteiger partial charge in [0.2, 0.25) is 0 Å². The number of hydrogen-bond acceptors (Lipinski definition) is 3. The van der Waals surface area contributed by atoms with Gasteiger partial charge in [-0.25, -0.2) is 0 Å². The standard InChI is InChI=1S/C14H14N2O/c1-11(17)14(15,12-5-3-2-4-6-12)13-7-9-16-10-8-13/h2-10H,15H2,1H3. The highest BCUT2D eigenvalue weighted by Crippen LogP contribution is 2.27. The van der Waals surface area contributed by atoms with Gasteiger partial charge in [-0.05, 0) is 30.2 Å². The summed E-state index contributed by atoms with van der Waals surface area (Å²) < 4.78 is 0. The van der Waals surface area contributed by atoms with Crippen LogP contribution < -0.4 is 5.73 Å². The van der Waals surface area contributed by atoms with Gasteiger partial charge < -0.3 is 5.73 Å². The molecule has 1 heterocycles. The number of aromatic nitrogens is 1. The lowest BCUT2D eigenvalue weighted by Gasteiger charge is -2.27. The van der Waals surface area contributed by atoms with Crippen molar-refractivity contribution in [3.8, 4) is 0 Å². The Labute approximate surface area is 100 Å². The smallest absolute Gasteiger partial charge is 0.158 e. The van der Waals surface area contributed by atoms with E-state index >= 15 is 0 Å². The van der Waals surface area contributed by atoms with Gasteiger partial charge in [-0.2, -0.15) is 0 Å². The first-order chi connectivity index (χ1) is 8.15. The Morgan fingerprint density at radius 1 is 1.06 bits per heavy atom. The normalized spacial score (nSPS) is 14.0. The quantitative estimate of drug-likeness (QED) is 0.869. The van der Waals surface area contributed by atoms with Crippen molar-refractivity contribution in [2.75, 3.05) is 0 Å². The number of Topliss-reactive ketones (excluding diaryl/α,β-unsaturated/α-hetero) is 1. The van der Waals surface area contributed by atoms with E-state index < -0.39 is 5.54 Å². The summed E-state index contributed by atoms with van der Waals surface area (Å²) in [6.07, 6.45) is 3.28. The van der Waals surface area contributed by atoms with E-state index in [4.69, 9.17) is 5.73 Å². The van der Waals surface area contributed by atoms with Crippen molar-refractivity contribution < 1.29 is 4.79 Å². The predicted octanol–water partition coefficient (Wildman–Crippen LogP) is 1.87. The maximum Gasteiger partial charge on any atom is 0.158 e. The van der Waals surface area contributed by atoms with Crippen LogP contribution in [0.3, 0.4) is 0 Å². The number of ketones is 1. The molecular formula is C14H14N2O. The lowest BCUT2D eigenvalue weighted by Crippen LogP contribution is -2.44. The Bertz CT molecular complexity index is 469. The Morgan fingerprint density at radius 3 is 2.12 bits per heavy atom. The van der Waals surface area contributed by atoms with Crippen molar-refractivity contribution in [3.63, 3.8) is 0 Å². The summed E-state index contributed by atoms with van der Waals surface area (Å²) in [7, 11) is 0. The molecule has 1 aromatic carbocycles. The van der Waals surface area contributed by atoms with Gasteiger partial charge in [-0.3, -0.25) is 9.78 Å². The first-order valence-electron chi connectivity index (χ1n) is 5.41. The third-order valence-electron chi connectivity index (χ3n) is 2.92. The Morgan fingerprint density at radius 2 is 1.59 bits per heavy atom. The molecule has 2 rings (SSSR count). The van der Waals surface area contributed by atoms with E-state index in [0.717, 1.165) is 11.1 Å². The zero-order valence-electron chi connectivity index (χ0n) is 9.63. The molecular weight excluding hydrogens is 212 g/mol. The maximum atomic E-state index is 11.9. The van der Waals surface area contributed by atoms with Crippen LogP contribution in [0.25, 0.3) is 0 Å². The highest BCUT2D eigenvalue weighted by molar-refractivity contribution is 5.91. The van der Waals surface area contributed by atoms with Gasteiger partial charge in [0.05, 0.1) is 0 Å². The molecule has 17 heavy (non-hydrogen) atoms. The highest BCUT2D eigenvalue weighted by Gasteiger charge is 2.34. The molecule has 0 saturated heterocycles. The minimum atomic E-state index is -1.09. The summed E-state index contributed by atoms with van der Waals surface area (Å²) in [5.41, 5.74) is 6.76. The number of carbonyl (C=O) groups is 1. The molecule has 0 bridgehead atoms. The van der Waals surface area contributed by atoms with Crippen LogP contribution in [0.15, 0.2) is 54.9 Å². The van der Waals surface area contributed by atoms with Crippen LogP contribution in [0.4, 0.5) is 0 Å². The summed E-state index contributed by atoms with van der Waals surface area (Å²) in [6, 6.07) is 12.9. The van der Waals surface area contributed by atoms with Crippen LogP contribution in [0.5, 0.6) is 0 Å². The number of rotatable bonds is 3. The van der Waals surface area contributed by atoms with Crippen molar-refractivity contribution in [1.29, 1.82) is 0 Å². The van der Waals surface area contributed by atoms with Crippen molar-refractivity contribution in [1.82, 2.24) is 4.98 Å². The second-order valence-electron chi connectivity index (χ2n) is 3.97. The molecule has 0 radical (unpaired) electrons. The molecule has 1 unspecified atom stereocenters. The Balaban J connectivity index is 2.59. The van der Waals surface area contributed by atoms with Crippen molar-refractivity contribution >= 4 is 5.78 Å². The molecule has 0 aliphatic heterocycles. The number of nitrogens with two attached hydrogens (primary N) is 1. The van der Waals surface area contributed by atoms with E-state index in [0.29, 0.717) is 0 Å². The second-order valence-corrected chi connectivity index (χ2v) is 3.97. The molecule has 1 aromatic heterocycles. The highest BCUT2D eigenvalue weighted by atomic mass is 16.1. The molecule has 1 atom stereocenters. The minimum absolute atomic E-state index is 0.0881. The zero-order chi connectivity index (χ0) is 12.3. The molecule has 0 saturated carbocycles. The van der Waals surface area contributed by atoms with E-state index in [1.54, 1.807) is 24.5 Å². The van der Waals surface area contributed by atoms with E-state index in [9.17, 15) is 4.79 Å². The van der Waals surface area contributed by atoms with Crippen molar-refractivity contribution in [2.45, 2.75) is 12.5 Å². The molecule has 0 fully saturated rings. The molecule has 0 aliphatic rings. The van der Waals surface area contributed by atoms with Gasteiger partial charge in [0.25, 0.3) is 0 Å². The molecule has 0 aliphatic carbocycles. The maximum absolute atomic E-state index is 11.9. The fourth-order valence-electron chi connectivity index (χ4n) is 1.89. The number of nitrogens with zero attached hydrogens (tertiary/aromatic N) is 1. The number of carbonyl (C=O) groups excluding carboxylic acids is 1. The first kappa shape index (κ1) is 11.5. The monoisotopic (exact) mass is 226 g/mol. The number of pyridine rings is 1. The lowest BCUT2D eigenvalue weighted by molar-refractivity contribution is -0.120. The molecule has 3 nitrogen and oxygen atoms in total. The largest absolute Gasteiger partial charge is 0.312 e. The van der Waals surface area contributed by atoms with Gasteiger partial charge in [-0.1, -0.05) is 30.3 Å². The first-order valence-corrected chi connectivity index (χ1v) is 5.41. The van der Waals surface area contributed by atoms with Gasteiger partial charge in [-0.15, -0.1) is 0 Å². The Kier molecular flexibility index (Phi) is 3.02. The molecule has 2 N–H and O–H groups in total. The number of benzene rings is 1. The molecule has 0 spiro atoms. The van der Waals surface area contributed by atoms with E-state index in [2.05, 4.69) is 4.98 Å². The molecule has 0 amide bonds. The van der Waals surface area contributed by atoms with Crippen LogP contribution in [0, 0.1) is 0 Å². The van der Waals surface area contributed by atoms with Crippen LogP contribution in [-0.2, 0) is 10.3 Å². The van der Waals surface area contributed by atoms with Gasteiger partial charge in [0.1, 0.15) is 5.54 Å². The average molecular weight is 226 g/mol. The summed E-state index contributed by atoms with van der Waals surface area (Å²) in [4.78, 5) is 15.9. The van der Waals surface area contributed by atoms with Crippen molar-refractivity contribution in [2.24, 2.45) is 5.73 Å². The summed E-state index contributed by atoms with van der Waals surface area (Å²) in [5, 5.41) is 0. The second kappa shape index (κ2) is 4.47. The molecule has 2 aromatic rings. The predicted molar refractivity (Wildman–Crippen MR) is 66.3 cm³/mol. The van der Waals surface area contributed by atoms with Crippen LogP contribution in [-0.4, -0.2) is 10.8 Å². The van der Waals surface area contributed by atoms with Crippen molar-refractivity contribution in [3.05, 3.63) is 66.0 Å². The fraction of sp³-hybridized carbons (Fsp3) is 0.143. The lowest BCUT2D eigenvalue weighted by atomic mass is 9.81. The molecule has 86 valence electrons. The van der Waals surface area contributed by atoms with E-state index in [1.807, 2.05) is 30.3 Å². The van der Waals surface area contributed by atoms with Crippen LogP contribution in [0.1, 0.15) is 18.1 Å². The van der Waals surface area contributed by atoms with E-state index in [-0.39, 0.29) is 5.78 Å². The summed E-state index contributed by atoms with van der Waals surface area (Å²) in [5.74, 6) is -0.0881. The van der Waals surface area contributed by atoms with Gasteiger partial charge >= 0.3 is 0 Å².